The van der Waals surface area contributed by atoms with Gasteiger partial charge in [-0.3, -0.25) is 10.1 Å². The molecule has 0 aromatic heterocycles. The van der Waals surface area contributed by atoms with Crippen molar-refractivity contribution in [1.82, 2.24) is 0 Å². The van der Waals surface area contributed by atoms with Crippen LogP contribution < -0.4 is 5.32 Å². The highest BCUT2D eigenvalue weighted by Crippen LogP contribution is 2.63. The summed E-state index contributed by atoms with van der Waals surface area (Å²) in [5, 5.41) is 14.7. The van der Waals surface area contributed by atoms with Crippen LogP contribution in [0.3, 0.4) is 0 Å². The van der Waals surface area contributed by atoms with Gasteiger partial charge in [-0.05, 0) is 42.1 Å². The number of fused-ring (bicyclic) bond motifs is 2. The lowest BCUT2D eigenvalue weighted by Crippen LogP contribution is -2.45. The molecule has 4 heteroatoms. The fourth-order valence-corrected chi connectivity index (χ4v) is 4.57. The fraction of sp³-hybridized carbons (Fsp3) is 0.625. The summed E-state index contributed by atoms with van der Waals surface area (Å²) in [5.74, 6) is 0.729. The molecule has 0 spiro atoms. The molecule has 0 radical (unpaired) electrons. The van der Waals surface area contributed by atoms with E-state index in [0.717, 1.165) is 5.92 Å². The smallest absolute Gasteiger partial charge is 0.292 e. The molecular formula is C16H22N2O2. The molecule has 2 aliphatic rings. The molecule has 1 N–H and O–H groups in total. The van der Waals surface area contributed by atoms with Crippen LogP contribution in [0, 0.1) is 26.9 Å². The number of hydrogen-bond acceptors (Lipinski definition) is 3. The SMILES string of the molecule is CC1(C)C(Nc2ccccc2[N+](=O)[O-])[C@]2(C)CC[C@H]1C2. The Kier molecular flexibility index (Phi) is 2.82. The van der Waals surface area contributed by atoms with E-state index in [1.807, 2.05) is 12.1 Å². The lowest BCUT2D eigenvalue weighted by atomic mass is 9.68. The van der Waals surface area contributed by atoms with Crippen LogP contribution in [0.2, 0.25) is 0 Å². The minimum Gasteiger partial charge on any atom is -0.376 e. The number of para-hydroxylation sites is 2. The Balaban J connectivity index is 1.94. The summed E-state index contributed by atoms with van der Waals surface area (Å²) < 4.78 is 0. The van der Waals surface area contributed by atoms with Crippen molar-refractivity contribution >= 4 is 11.4 Å². The molecule has 0 heterocycles. The molecule has 2 fully saturated rings. The van der Waals surface area contributed by atoms with Crippen LogP contribution in [0.4, 0.5) is 11.4 Å². The van der Waals surface area contributed by atoms with E-state index in [1.165, 1.54) is 19.3 Å². The first-order valence-electron chi connectivity index (χ1n) is 7.34. The predicted octanol–water partition coefficient (Wildman–Crippen LogP) is 4.22. The van der Waals surface area contributed by atoms with Crippen LogP contribution in [0.25, 0.3) is 0 Å². The second-order valence-corrected chi connectivity index (χ2v) is 7.27. The maximum atomic E-state index is 11.2. The standard InChI is InChI=1S/C16H22N2O2/c1-15(2)11-8-9-16(3,10-11)14(15)17-12-6-4-5-7-13(12)18(19)20/h4-7,11,14,17H,8-10H2,1-3H3/t11-,14?,16+/m0/s1. The zero-order valence-corrected chi connectivity index (χ0v) is 12.3. The Labute approximate surface area is 119 Å². The predicted molar refractivity (Wildman–Crippen MR) is 79.7 cm³/mol. The third kappa shape index (κ3) is 1.81. The fourth-order valence-electron chi connectivity index (χ4n) is 4.57. The zero-order valence-electron chi connectivity index (χ0n) is 12.3. The third-order valence-electron chi connectivity index (χ3n) is 5.67. The largest absolute Gasteiger partial charge is 0.376 e. The van der Waals surface area contributed by atoms with Crippen molar-refractivity contribution in [2.45, 2.75) is 46.1 Å². The molecule has 4 nitrogen and oxygen atoms in total. The number of nitro groups is 1. The number of nitrogens with one attached hydrogen (secondary N) is 1. The molecule has 1 aromatic rings. The van der Waals surface area contributed by atoms with Crippen molar-refractivity contribution in [3.8, 4) is 0 Å². The summed E-state index contributed by atoms with van der Waals surface area (Å²) in [6, 6.07) is 7.28. The van der Waals surface area contributed by atoms with Crippen molar-refractivity contribution in [2.24, 2.45) is 16.7 Å². The van der Waals surface area contributed by atoms with E-state index in [0.29, 0.717) is 11.7 Å². The van der Waals surface area contributed by atoms with Crippen LogP contribution in [0.1, 0.15) is 40.0 Å². The van der Waals surface area contributed by atoms with Gasteiger partial charge in [0.15, 0.2) is 0 Å². The van der Waals surface area contributed by atoms with E-state index < -0.39 is 0 Å². The Bertz CT molecular complexity index is 550. The van der Waals surface area contributed by atoms with Crippen LogP contribution in [-0.2, 0) is 0 Å². The Morgan fingerprint density at radius 2 is 2.00 bits per heavy atom. The number of hydrogen-bond donors (Lipinski definition) is 1. The summed E-state index contributed by atoms with van der Waals surface area (Å²) in [6.45, 7) is 6.93. The molecule has 2 aliphatic carbocycles. The lowest BCUT2D eigenvalue weighted by molar-refractivity contribution is -0.384. The summed E-state index contributed by atoms with van der Waals surface area (Å²) in [5.41, 5.74) is 1.29. The highest BCUT2D eigenvalue weighted by Gasteiger charge is 2.59. The van der Waals surface area contributed by atoms with Gasteiger partial charge in [-0.15, -0.1) is 0 Å². The van der Waals surface area contributed by atoms with Gasteiger partial charge in [0.2, 0.25) is 0 Å². The minimum absolute atomic E-state index is 0.176. The maximum Gasteiger partial charge on any atom is 0.292 e. The zero-order chi connectivity index (χ0) is 14.5. The molecule has 0 aliphatic heterocycles. The monoisotopic (exact) mass is 274 g/mol. The third-order valence-corrected chi connectivity index (χ3v) is 5.67. The number of nitro benzene ring substituents is 1. The Morgan fingerprint density at radius 1 is 1.30 bits per heavy atom. The minimum atomic E-state index is -0.301. The number of rotatable bonds is 3. The maximum absolute atomic E-state index is 11.2. The molecule has 3 rings (SSSR count). The quantitative estimate of drug-likeness (QED) is 0.663. The van der Waals surface area contributed by atoms with Gasteiger partial charge < -0.3 is 5.32 Å². The van der Waals surface area contributed by atoms with Crippen LogP contribution in [-0.4, -0.2) is 11.0 Å². The van der Waals surface area contributed by atoms with Crippen molar-refractivity contribution in [3.05, 3.63) is 34.4 Å². The molecule has 2 saturated carbocycles. The van der Waals surface area contributed by atoms with Crippen molar-refractivity contribution in [3.63, 3.8) is 0 Å². The van der Waals surface area contributed by atoms with Crippen LogP contribution in [0.5, 0.6) is 0 Å². The molecule has 20 heavy (non-hydrogen) atoms. The van der Waals surface area contributed by atoms with Gasteiger partial charge in [-0.2, -0.15) is 0 Å². The van der Waals surface area contributed by atoms with E-state index in [9.17, 15) is 10.1 Å². The topological polar surface area (TPSA) is 55.2 Å². The first kappa shape index (κ1) is 13.4. The van der Waals surface area contributed by atoms with E-state index in [-0.39, 0.29) is 21.4 Å². The first-order chi connectivity index (χ1) is 9.34. The summed E-state index contributed by atoms with van der Waals surface area (Å²) in [7, 11) is 0. The highest BCUT2D eigenvalue weighted by atomic mass is 16.6. The number of anilines is 1. The molecule has 2 bridgehead atoms. The second kappa shape index (κ2) is 4.21. The number of nitrogens with zero attached hydrogens (tertiary/aromatic N) is 1. The molecule has 1 unspecified atom stereocenters. The van der Waals surface area contributed by atoms with E-state index in [4.69, 9.17) is 0 Å². The van der Waals surface area contributed by atoms with Gasteiger partial charge in [0.1, 0.15) is 5.69 Å². The normalized spacial score (nSPS) is 34.1. The summed E-state index contributed by atoms with van der Waals surface area (Å²) >= 11 is 0. The van der Waals surface area contributed by atoms with Crippen molar-refractivity contribution in [2.75, 3.05) is 5.32 Å². The molecule has 1 aromatic carbocycles. The molecule has 0 saturated heterocycles. The van der Waals surface area contributed by atoms with Gasteiger partial charge in [-0.1, -0.05) is 32.9 Å². The van der Waals surface area contributed by atoms with Crippen molar-refractivity contribution < 1.29 is 4.92 Å². The highest BCUT2D eigenvalue weighted by molar-refractivity contribution is 5.62. The molecule has 3 atom stereocenters. The van der Waals surface area contributed by atoms with Gasteiger partial charge in [-0.25, -0.2) is 0 Å². The lowest BCUT2D eigenvalue weighted by Gasteiger charge is -2.43. The summed E-state index contributed by atoms with van der Waals surface area (Å²) in [4.78, 5) is 10.9. The van der Waals surface area contributed by atoms with Gasteiger partial charge >= 0.3 is 0 Å². The van der Waals surface area contributed by atoms with E-state index in [1.54, 1.807) is 12.1 Å². The molecule has 108 valence electrons. The second-order valence-electron chi connectivity index (χ2n) is 7.27. The summed E-state index contributed by atoms with van der Waals surface area (Å²) in [6.07, 6.45) is 3.75. The average molecular weight is 274 g/mol. The first-order valence-corrected chi connectivity index (χ1v) is 7.34. The molecule has 0 amide bonds. The van der Waals surface area contributed by atoms with E-state index in [2.05, 4.69) is 26.1 Å². The Morgan fingerprint density at radius 3 is 2.60 bits per heavy atom. The van der Waals surface area contributed by atoms with Gasteiger partial charge in [0.25, 0.3) is 5.69 Å². The molecular weight excluding hydrogens is 252 g/mol. The van der Waals surface area contributed by atoms with Crippen LogP contribution in [0.15, 0.2) is 24.3 Å². The Hall–Kier alpha value is -1.58. The number of benzene rings is 1. The van der Waals surface area contributed by atoms with Crippen molar-refractivity contribution in [1.29, 1.82) is 0 Å². The van der Waals surface area contributed by atoms with Crippen LogP contribution >= 0.6 is 0 Å². The van der Waals surface area contributed by atoms with E-state index >= 15 is 0 Å². The van der Waals surface area contributed by atoms with Gasteiger partial charge in [0.05, 0.1) is 4.92 Å². The average Bonchev–Trinajstić information content (AvgIpc) is 2.86. The van der Waals surface area contributed by atoms with Gasteiger partial charge in [0, 0.05) is 12.1 Å².